The zero-order valence-electron chi connectivity index (χ0n) is 12.0. The Kier molecular flexibility index (Phi) is 11.3. The van der Waals surface area contributed by atoms with Crippen LogP contribution in [0.15, 0.2) is 12.7 Å². The molecular weight excluding hydrogens is 214 g/mol. The largest absolute Gasteiger partial charge is 0.382 e. The smallest absolute Gasteiger partial charge is 0.165 e. The lowest BCUT2D eigenvalue weighted by Crippen LogP contribution is -1.94. The lowest BCUT2D eigenvalue weighted by Gasteiger charge is -1.92. The molecule has 0 aliphatic heterocycles. The number of nitrogens with two attached hydrogens (primary N) is 1. The van der Waals surface area contributed by atoms with Crippen molar-refractivity contribution in [3.05, 3.63) is 12.7 Å². The van der Waals surface area contributed by atoms with Crippen LogP contribution < -0.4 is 5.73 Å². The van der Waals surface area contributed by atoms with Crippen LogP contribution in [0.3, 0.4) is 0 Å². The number of fused-ring (bicyclic) bond motifs is 1. The van der Waals surface area contributed by atoms with Gasteiger partial charge in [-0.25, -0.2) is 15.0 Å². The first kappa shape index (κ1) is 17.7. The fourth-order valence-corrected chi connectivity index (χ4v) is 0.964. The number of hydrogen-bond donors (Lipinski definition) is 1. The van der Waals surface area contributed by atoms with Crippen LogP contribution in [0.25, 0.3) is 11.2 Å². The summed E-state index contributed by atoms with van der Waals surface area (Å²) in [6.07, 6.45) is 3.09. The molecule has 2 N–H and O–H groups in total. The normalized spacial score (nSPS) is 7.94. The predicted molar refractivity (Wildman–Crippen MR) is 74.8 cm³/mol. The van der Waals surface area contributed by atoms with Crippen LogP contribution in [0.5, 0.6) is 0 Å². The molecule has 0 aromatic carbocycles. The highest BCUT2D eigenvalue weighted by Gasteiger charge is 2.03. The van der Waals surface area contributed by atoms with Crippen molar-refractivity contribution >= 4 is 17.0 Å². The fourth-order valence-electron chi connectivity index (χ4n) is 0.964. The highest BCUT2D eigenvalue weighted by atomic mass is 15.1. The van der Waals surface area contributed by atoms with Gasteiger partial charge in [0.25, 0.3) is 0 Å². The molecule has 5 heteroatoms. The summed E-state index contributed by atoms with van der Waals surface area (Å²) in [4.78, 5) is 11.9. The van der Waals surface area contributed by atoms with Gasteiger partial charge in [-0.1, -0.05) is 41.5 Å². The van der Waals surface area contributed by atoms with E-state index in [1.807, 2.05) is 48.6 Å². The summed E-state index contributed by atoms with van der Waals surface area (Å²) in [5, 5.41) is 0. The van der Waals surface area contributed by atoms with Gasteiger partial charge in [-0.3, -0.25) is 0 Å². The fraction of sp³-hybridized carbons (Fsp3) is 0.583. The van der Waals surface area contributed by atoms with E-state index >= 15 is 0 Å². The molecule has 2 aromatic rings. The van der Waals surface area contributed by atoms with E-state index in [1.54, 1.807) is 10.9 Å². The van der Waals surface area contributed by atoms with Crippen molar-refractivity contribution in [3.8, 4) is 0 Å². The van der Waals surface area contributed by atoms with Crippen molar-refractivity contribution in [2.75, 3.05) is 5.73 Å². The number of hydrogen-bond acceptors (Lipinski definition) is 4. The zero-order valence-corrected chi connectivity index (χ0v) is 12.0. The third-order valence-electron chi connectivity index (χ3n) is 1.53. The van der Waals surface area contributed by atoms with Crippen LogP contribution in [0.1, 0.15) is 41.5 Å². The highest BCUT2D eigenvalue weighted by Crippen LogP contribution is 2.11. The Balaban J connectivity index is 0. The number of nitrogens with zero attached hydrogens (tertiary/aromatic N) is 4. The van der Waals surface area contributed by atoms with E-state index in [9.17, 15) is 0 Å². The second-order valence-electron chi connectivity index (χ2n) is 2.29. The number of aryl methyl sites for hydroxylation is 1. The highest BCUT2D eigenvalue weighted by molar-refractivity contribution is 5.80. The third-order valence-corrected chi connectivity index (χ3v) is 1.53. The lowest BCUT2D eigenvalue weighted by atomic mass is 10.5. The maximum Gasteiger partial charge on any atom is 0.165 e. The van der Waals surface area contributed by atoms with Crippen LogP contribution in [-0.2, 0) is 7.05 Å². The molecule has 0 atom stereocenters. The van der Waals surface area contributed by atoms with E-state index in [0.29, 0.717) is 11.3 Å². The van der Waals surface area contributed by atoms with Gasteiger partial charge in [0, 0.05) is 7.05 Å². The van der Waals surface area contributed by atoms with Crippen molar-refractivity contribution in [2.45, 2.75) is 41.5 Å². The van der Waals surface area contributed by atoms with Gasteiger partial charge in [-0.05, 0) is 0 Å². The summed E-state index contributed by atoms with van der Waals surface area (Å²) in [5.74, 6) is 0.426. The van der Waals surface area contributed by atoms with E-state index in [2.05, 4.69) is 15.0 Å². The third kappa shape index (κ3) is 4.80. The first-order valence-electron chi connectivity index (χ1n) is 6.16. The van der Waals surface area contributed by atoms with Gasteiger partial charge in [0.2, 0.25) is 0 Å². The molecule has 0 amide bonds. The second kappa shape index (κ2) is 10.9. The molecule has 17 heavy (non-hydrogen) atoms. The van der Waals surface area contributed by atoms with Gasteiger partial charge in [-0.15, -0.1) is 0 Å². The van der Waals surface area contributed by atoms with E-state index < -0.39 is 0 Å². The number of aromatic nitrogens is 4. The molecule has 0 saturated heterocycles. The van der Waals surface area contributed by atoms with Crippen LogP contribution in [0.2, 0.25) is 0 Å². The predicted octanol–water partition coefficient (Wildman–Crippen LogP) is 3.02. The Hall–Kier alpha value is -1.65. The van der Waals surface area contributed by atoms with Crippen molar-refractivity contribution in [1.29, 1.82) is 0 Å². The first-order chi connectivity index (χ1) is 8.29. The summed E-state index contributed by atoms with van der Waals surface area (Å²) < 4.78 is 1.80. The van der Waals surface area contributed by atoms with Crippen molar-refractivity contribution in [3.63, 3.8) is 0 Å². The summed E-state index contributed by atoms with van der Waals surface area (Å²) in [5.41, 5.74) is 6.97. The minimum absolute atomic E-state index is 0.426. The molecule has 0 bridgehead atoms. The summed E-state index contributed by atoms with van der Waals surface area (Å²) in [7, 11) is 1.86. The van der Waals surface area contributed by atoms with Crippen LogP contribution in [0.4, 0.5) is 5.82 Å². The topological polar surface area (TPSA) is 69.6 Å². The molecule has 2 heterocycles. The Morgan fingerprint density at radius 3 is 1.94 bits per heavy atom. The van der Waals surface area contributed by atoms with Gasteiger partial charge >= 0.3 is 0 Å². The molecule has 0 spiro atoms. The van der Waals surface area contributed by atoms with Gasteiger partial charge in [0.1, 0.15) is 11.8 Å². The Bertz CT molecular complexity index is 395. The van der Waals surface area contributed by atoms with Gasteiger partial charge in [0.05, 0.1) is 6.33 Å². The van der Waals surface area contributed by atoms with Gasteiger partial charge < -0.3 is 10.3 Å². The van der Waals surface area contributed by atoms with E-state index in [-0.39, 0.29) is 0 Å². The Labute approximate surface area is 104 Å². The molecule has 5 nitrogen and oxygen atoms in total. The van der Waals surface area contributed by atoms with Gasteiger partial charge in [-0.2, -0.15) is 0 Å². The van der Waals surface area contributed by atoms with Crippen molar-refractivity contribution in [2.24, 2.45) is 7.05 Å². The summed E-state index contributed by atoms with van der Waals surface area (Å²) in [6.45, 7) is 12.0. The minimum atomic E-state index is 0.426. The number of imidazole rings is 1. The molecule has 0 saturated carbocycles. The van der Waals surface area contributed by atoms with Crippen molar-refractivity contribution in [1.82, 2.24) is 19.5 Å². The monoisotopic (exact) mass is 239 g/mol. The quantitative estimate of drug-likeness (QED) is 0.767. The van der Waals surface area contributed by atoms with Crippen molar-refractivity contribution < 1.29 is 0 Å². The molecule has 0 radical (unpaired) electrons. The molecule has 0 fully saturated rings. The van der Waals surface area contributed by atoms with Crippen LogP contribution in [0, 0.1) is 0 Å². The number of rotatable bonds is 0. The minimum Gasteiger partial charge on any atom is -0.382 e. The number of nitrogen functional groups attached to an aromatic ring is 1. The van der Waals surface area contributed by atoms with Gasteiger partial charge in [0.15, 0.2) is 11.5 Å². The zero-order chi connectivity index (χ0) is 13.8. The lowest BCUT2D eigenvalue weighted by molar-refractivity contribution is 0.928. The average molecular weight is 239 g/mol. The molecule has 98 valence electrons. The molecule has 2 aromatic heterocycles. The standard InChI is InChI=1S/C6H7N5.3C2H6/c1-11-3-10-4-5(7)8-2-9-6(4)11;3*1-2/h2-3H,1H3,(H2,7,8,9);3*1-2H3. The van der Waals surface area contributed by atoms with E-state index in [0.717, 1.165) is 5.65 Å². The van der Waals surface area contributed by atoms with Crippen LogP contribution >= 0.6 is 0 Å². The Morgan fingerprint density at radius 1 is 0.941 bits per heavy atom. The second-order valence-corrected chi connectivity index (χ2v) is 2.29. The summed E-state index contributed by atoms with van der Waals surface area (Å²) in [6, 6.07) is 0. The van der Waals surface area contributed by atoms with E-state index in [1.165, 1.54) is 6.33 Å². The molecule has 0 aliphatic carbocycles. The SMILES string of the molecule is CC.CC.CC.Cn1cnc2c(N)ncnc21. The van der Waals surface area contributed by atoms with Crippen LogP contribution in [-0.4, -0.2) is 19.5 Å². The Morgan fingerprint density at radius 2 is 1.47 bits per heavy atom. The molecule has 0 unspecified atom stereocenters. The summed E-state index contributed by atoms with van der Waals surface area (Å²) >= 11 is 0. The molecule has 0 aliphatic rings. The first-order valence-corrected chi connectivity index (χ1v) is 6.16. The maximum absolute atomic E-state index is 5.54. The number of anilines is 1. The van der Waals surface area contributed by atoms with E-state index in [4.69, 9.17) is 5.73 Å². The average Bonchev–Trinajstić information content (AvgIpc) is 2.80. The molecule has 2 rings (SSSR count). The molecular formula is C12H25N5. The maximum atomic E-state index is 5.54.